The first-order valence-electron chi connectivity index (χ1n) is 17.0. The number of aromatic nitrogens is 1. The van der Waals surface area contributed by atoms with Crippen LogP contribution in [0.15, 0.2) is 97.3 Å². The number of hydrogen-bond acceptors (Lipinski definition) is 5. The Kier molecular flexibility index (Phi) is 10.6. The molecule has 2 aliphatic heterocycles. The van der Waals surface area contributed by atoms with Crippen molar-refractivity contribution in [3.05, 3.63) is 125 Å². The van der Waals surface area contributed by atoms with E-state index in [-0.39, 0.29) is 30.0 Å². The Labute approximate surface area is 287 Å². The normalized spacial score (nSPS) is 17.3. The summed E-state index contributed by atoms with van der Waals surface area (Å²) in [5.41, 5.74) is 5.76. The smallest absolute Gasteiger partial charge is 0.254 e. The summed E-state index contributed by atoms with van der Waals surface area (Å²) in [6.45, 7) is 3.17. The summed E-state index contributed by atoms with van der Waals surface area (Å²) in [5, 5.41) is 5.97. The molecule has 4 amide bonds. The molecule has 0 bridgehead atoms. The van der Waals surface area contributed by atoms with E-state index in [9.17, 15) is 19.2 Å². The van der Waals surface area contributed by atoms with Gasteiger partial charge in [-0.05, 0) is 90.8 Å². The fourth-order valence-electron chi connectivity index (χ4n) is 6.59. The maximum Gasteiger partial charge on any atom is 0.254 e. The second kappa shape index (κ2) is 15.6. The highest BCUT2D eigenvalue weighted by Gasteiger charge is 2.35. The van der Waals surface area contributed by atoms with E-state index in [0.717, 1.165) is 41.5 Å². The number of aryl methyl sites for hydroxylation is 1. The number of anilines is 2. The molecule has 0 radical (unpaired) electrons. The van der Waals surface area contributed by atoms with Gasteiger partial charge in [0.2, 0.25) is 17.7 Å². The average molecular weight is 656 g/mol. The Bertz CT molecular complexity index is 1820. The van der Waals surface area contributed by atoms with E-state index < -0.39 is 12.1 Å². The quantitative estimate of drug-likeness (QED) is 0.197. The van der Waals surface area contributed by atoms with E-state index in [2.05, 4.69) is 15.6 Å². The number of carbonyl (C=O) groups is 4. The van der Waals surface area contributed by atoms with Gasteiger partial charge in [-0.15, -0.1) is 0 Å². The summed E-state index contributed by atoms with van der Waals surface area (Å²) in [7, 11) is 0. The largest absolute Gasteiger partial charge is 0.330 e. The van der Waals surface area contributed by atoms with Gasteiger partial charge in [0.25, 0.3) is 5.91 Å². The van der Waals surface area contributed by atoms with Gasteiger partial charge in [-0.2, -0.15) is 0 Å². The molecule has 0 aliphatic carbocycles. The van der Waals surface area contributed by atoms with Crippen molar-refractivity contribution >= 4 is 47.2 Å². The molecule has 2 aliphatic rings. The number of benzene rings is 3. The van der Waals surface area contributed by atoms with Crippen LogP contribution in [0.25, 0.3) is 12.2 Å². The molecule has 49 heavy (non-hydrogen) atoms. The number of hydrogen-bond donors (Lipinski definition) is 2. The SMILES string of the molecule is CCc1ccccc1C(=O)N1CCC[C@H]1C(=O)Nc1ccc(C=Cc2ccc(NC(=O)[C@@H]3CCCN3C(=O)Cc3cccnc3)cc2)cc1. The van der Waals surface area contributed by atoms with Crippen LogP contribution in [0.5, 0.6) is 0 Å². The average Bonchev–Trinajstić information content (AvgIpc) is 3.83. The van der Waals surface area contributed by atoms with Crippen molar-refractivity contribution in [3.8, 4) is 0 Å². The lowest BCUT2D eigenvalue weighted by Gasteiger charge is -2.25. The van der Waals surface area contributed by atoms with Crippen molar-refractivity contribution in [1.82, 2.24) is 14.8 Å². The molecule has 9 heteroatoms. The van der Waals surface area contributed by atoms with E-state index >= 15 is 0 Å². The predicted octanol–water partition coefficient (Wildman–Crippen LogP) is 6.23. The molecule has 2 fully saturated rings. The van der Waals surface area contributed by atoms with Gasteiger partial charge >= 0.3 is 0 Å². The molecule has 4 aromatic rings. The minimum Gasteiger partial charge on any atom is -0.330 e. The van der Waals surface area contributed by atoms with Crippen molar-refractivity contribution in [2.45, 2.75) is 57.5 Å². The number of amides is 4. The highest BCUT2D eigenvalue weighted by Crippen LogP contribution is 2.25. The predicted molar refractivity (Wildman–Crippen MR) is 192 cm³/mol. The van der Waals surface area contributed by atoms with Gasteiger partial charge in [0, 0.05) is 42.4 Å². The Hall–Kier alpha value is -5.57. The standard InChI is InChI=1S/C40H41N5O4/c1-2-31-9-3-4-10-34(31)40(49)45-25-7-12-36(45)39(48)43-33-21-17-29(18-22-33)14-13-28-15-19-32(20-16-28)42-38(47)35-11-6-24-44(35)37(46)26-30-8-5-23-41-27-30/h3-5,8-10,13-23,27,35-36H,2,6-7,11-12,24-26H2,1H3,(H,42,47)(H,43,48)/t35-,36-/m0/s1. The minimum absolute atomic E-state index is 0.0669. The van der Waals surface area contributed by atoms with Crippen LogP contribution in [0, 0.1) is 0 Å². The molecular weight excluding hydrogens is 614 g/mol. The molecule has 250 valence electrons. The number of nitrogens with zero attached hydrogens (tertiary/aromatic N) is 3. The van der Waals surface area contributed by atoms with Crippen LogP contribution in [0.4, 0.5) is 11.4 Å². The Morgan fingerprint density at radius 3 is 1.88 bits per heavy atom. The third kappa shape index (κ3) is 8.12. The number of likely N-dealkylation sites (tertiary alicyclic amines) is 2. The topological polar surface area (TPSA) is 112 Å². The van der Waals surface area contributed by atoms with Crippen LogP contribution in [0.2, 0.25) is 0 Å². The highest BCUT2D eigenvalue weighted by molar-refractivity contribution is 6.02. The monoisotopic (exact) mass is 655 g/mol. The second-order valence-corrected chi connectivity index (χ2v) is 12.5. The lowest BCUT2D eigenvalue weighted by molar-refractivity contribution is -0.136. The summed E-state index contributed by atoms with van der Waals surface area (Å²) < 4.78 is 0. The first-order chi connectivity index (χ1) is 23.9. The minimum atomic E-state index is -0.498. The van der Waals surface area contributed by atoms with Gasteiger partial charge in [0.1, 0.15) is 12.1 Å². The Morgan fingerprint density at radius 2 is 1.31 bits per heavy atom. The van der Waals surface area contributed by atoms with Crippen molar-refractivity contribution in [3.63, 3.8) is 0 Å². The fraction of sp³-hybridized carbons (Fsp3) is 0.275. The van der Waals surface area contributed by atoms with Gasteiger partial charge in [-0.25, -0.2) is 0 Å². The Morgan fingerprint density at radius 1 is 0.735 bits per heavy atom. The van der Waals surface area contributed by atoms with Gasteiger partial charge < -0.3 is 20.4 Å². The molecule has 0 saturated carbocycles. The molecule has 9 nitrogen and oxygen atoms in total. The van der Waals surface area contributed by atoms with Crippen LogP contribution >= 0.6 is 0 Å². The van der Waals surface area contributed by atoms with E-state index in [4.69, 9.17) is 0 Å². The summed E-state index contributed by atoms with van der Waals surface area (Å²) in [5.74, 6) is -0.507. The van der Waals surface area contributed by atoms with Crippen molar-refractivity contribution in [2.24, 2.45) is 0 Å². The highest BCUT2D eigenvalue weighted by atomic mass is 16.2. The molecule has 6 rings (SSSR count). The number of carbonyl (C=O) groups excluding carboxylic acids is 4. The molecule has 2 N–H and O–H groups in total. The van der Waals surface area contributed by atoms with Gasteiger partial charge in [-0.3, -0.25) is 24.2 Å². The summed E-state index contributed by atoms with van der Waals surface area (Å²) >= 11 is 0. The summed E-state index contributed by atoms with van der Waals surface area (Å²) in [6.07, 6.45) is 11.2. The van der Waals surface area contributed by atoms with E-state index in [1.807, 2.05) is 97.9 Å². The molecular formula is C40H41N5O4. The van der Waals surface area contributed by atoms with E-state index in [1.165, 1.54) is 0 Å². The number of pyridine rings is 1. The lowest BCUT2D eigenvalue weighted by Crippen LogP contribution is -2.43. The van der Waals surface area contributed by atoms with Crippen LogP contribution in [0.3, 0.4) is 0 Å². The molecule has 0 unspecified atom stereocenters. The van der Waals surface area contributed by atoms with Gasteiger partial charge in [0.05, 0.1) is 6.42 Å². The lowest BCUT2D eigenvalue weighted by atomic mass is 10.0. The zero-order chi connectivity index (χ0) is 34.2. The van der Waals surface area contributed by atoms with Crippen LogP contribution in [-0.4, -0.2) is 63.6 Å². The second-order valence-electron chi connectivity index (χ2n) is 12.5. The summed E-state index contributed by atoms with van der Waals surface area (Å²) in [6, 6.07) is 25.4. The van der Waals surface area contributed by atoms with Crippen molar-refractivity contribution in [2.75, 3.05) is 23.7 Å². The van der Waals surface area contributed by atoms with Crippen molar-refractivity contribution in [1.29, 1.82) is 0 Å². The zero-order valence-electron chi connectivity index (χ0n) is 27.7. The van der Waals surface area contributed by atoms with Gasteiger partial charge in [0.15, 0.2) is 0 Å². The molecule has 3 heterocycles. The van der Waals surface area contributed by atoms with E-state index in [1.54, 1.807) is 28.3 Å². The molecule has 2 saturated heterocycles. The van der Waals surface area contributed by atoms with Crippen molar-refractivity contribution < 1.29 is 19.2 Å². The fourth-order valence-corrected chi connectivity index (χ4v) is 6.59. The van der Waals surface area contributed by atoms with Crippen LogP contribution in [-0.2, 0) is 27.2 Å². The molecule has 2 atom stereocenters. The molecule has 0 spiro atoms. The maximum atomic E-state index is 13.3. The first kappa shape index (κ1) is 33.3. The zero-order valence-corrected chi connectivity index (χ0v) is 27.7. The third-order valence-electron chi connectivity index (χ3n) is 9.22. The molecule has 3 aromatic carbocycles. The van der Waals surface area contributed by atoms with E-state index in [0.29, 0.717) is 42.9 Å². The van der Waals surface area contributed by atoms with Gasteiger partial charge in [-0.1, -0.05) is 67.6 Å². The first-order valence-corrected chi connectivity index (χ1v) is 17.0. The molecule has 1 aromatic heterocycles. The Balaban J connectivity index is 1.00. The third-order valence-corrected chi connectivity index (χ3v) is 9.22. The van der Waals surface area contributed by atoms with Crippen LogP contribution in [0.1, 0.15) is 65.2 Å². The number of rotatable bonds is 10. The van der Waals surface area contributed by atoms with Crippen LogP contribution < -0.4 is 10.6 Å². The number of nitrogens with one attached hydrogen (secondary N) is 2. The maximum absolute atomic E-state index is 13.3. The summed E-state index contributed by atoms with van der Waals surface area (Å²) in [4.78, 5) is 60.0.